The lowest BCUT2D eigenvalue weighted by Gasteiger charge is -1.99. The Bertz CT molecular complexity index is 311. The van der Waals surface area contributed by atoms with Crippen LogP contribution in [0.1, 0.15) is 17.9 Å². The zero-order valence-corrected chi connectivity index (χ0v) is 8.57. The van der Waals surface area contributed by atoms with Crippen LogP contribution in [0.15, 0.2) is 24.3 Å². The molecule has 1 aromatic carbocycles. The Morgan fingerprint density at radius 1 is 1.58 bits per heavy atom. The molecule has 0 radical (unpaired) electrons. The molecular weight excluding hydrogens is 242 g/mol. The maximum absolute atomic E-state index is 13.2. The summed E-state index contributed by atoms with van der Waals surface area (Å²) in [7, 11) is 0. The monoisotopic (exact) mass is 248 g/mol. The first-order valence-corrected chi connectivity index (χ1v) is 4.90. The molecule has 1 saturated carbocycles. The quantitative estimate of drug-likeness (QED) is 0.663. The summed E-state index contributed by atoms with van der Waals surface area (Å²) in [6.45, 7) is 0. The van der Waals surface area contributed by atoms with Gasteiger partial charge in [0.15, 0.2) is 4.58 Å². The van der Waals surface area contributed by atoms with Gasteiger partial charge >= 0.3 is 0 Å². The minimum absolute atomic E-state index is 0.0174. The summed E-state index contributed by atoms with van der Waals surface area (Å²) in [6, 6.07) is 7.36. The summed E-state index contributed by atoms with van der Waals surface area (Å²) in [4.78, 5) is 0. The molecule has 0 saturated heterocycles. The van der Waals surface area contributed by atoms with Gasteiger partial charge in [0.25, 0.3) is 0 Å². The first-order chi connectivity index (χ1) is 5.59. The van der Waals surface area contributed by atoms with Crippen molar-refractivity contribution in [2.24, 2.45) is 0 Å². The van der Waals surface area contributed by atoms with Gasteiger partial charge in [-0.15, -0.1) is 0 Å². The lowest BCUT2D eigenvalue weighted by Crippen LogP contribution is -1.89. The molecule has 1 aromatic rings. The third kappa shape index (κ3) is 1.50. The smallest absolute Gasteiger partial charge is 0.172 e. The van der Waals surface area contributed by atoms with Crippen molar-refractivity contribution >= 4 is 27.5 Å². The minimum Gasteiger partial charge on any atom is -0.231 e. The first-order valence-electron chi connectivity index (χ1n) is 3.73. The highest BCUT2D eigenvalue weighted by Gasteiger charge is 2.54. The molecular formula is C9H7BrClF. The van der Waals surface area contributed by atoms with E-state index in [1.165, 1.54) is 0 Å². The highest BCUT2D eigenvalue weighted by molar-refractivity contribution is 9.10. The van der Waals surface area contributed by atoms with Crippen LogP contribution in [0.3, 0.4) is 0 Å². The number of benzene rings is 1. The normalized spacial score (nSPS) is 33.4. The summed E-state index contributed by atoms with van der Waals surface area (Å²) in [5.41, 5.74) is 0.974. The molecule has 0 amide bonds. The SMILES string of the molecule is FC1(Br)CC1c1cccc(Cl)c1. The van der Waals surface area contributed by atoms with E-state index in [-0.39, 0.29) is 5.92 Å². The van der Waals surface area contributed by atoms with Crippen LogP contribution in [0.4, 0.5) is 4.39 Å². The second-order valence-corrected chi connectivity index (χ2v) is 4.83. The molecule has 1 aliphatic carbocycles. The van der Waals surface area contributed by atoms with Crippen LogP contribution in [0, 0.1) is 0 Å². The predicted octanol–water partition coefficient (Wildman–Crippen LogP) is 3.89. The largest absolute Gasteiger partial charge is 0.231 e. The van der Waals surface area contributed by atoms with Gasteiger partial charge in [0.2, 0.25) is 0 Å². The summed E-state index contributed by atoms with van der Waals surface area (Å²) in [5.74, 6) is -0.0174. The molecule has 2 atom stereocenters. The minimum atomic E-state index is -1.18. The van der Waals surface area contributed by atoms with Crippen molar-refractivity contribution in [2.75, 3.05) is 0 Å². The Hall–Kier alpha value is -0.0800. The van der Waals surface area contributed by atoms with Gasteiger partial charge in [-0.05, 0) is 33.6 Å². The molecule has 2 rings (SSSR count). The first kappa shape index (κ1) is 8.52. The number of hydrogen-bond donors (Lipinski definition) is 0. The average molecular weight is 250 g/mol. The van der Waals surface area contributed by atoms with Crippen LogP contribution in [-0.2, 0) is 0 Å². The predicted molar refractivity (Wildman–Crippen MR) is 51.6 cm³/mol. The number of halogens is 3. The molecule has 1 fully saturated rings. The van der Waals surface area contributed by atoms with Crippen LogP contribution in [0.2, 0.25) is 5.02 Å². The van der Waals surface area contributed by atoms with Crippen molar-refractivity contribution in [3.63, 3.8) is 0 Å². The molecule has 1 aliphatic rings. The topological polar surface area (TPSA) is 0 Å². The number of alkyl halides is 2. The third-order valence-electron chi connectivity index (χ3n) is 2.08. The molecule has 0 nitrogen and oxygen atoms in total. The Morgan fingerprint density at radius 3 is 2.75 bits per heavy atom. The van der Waals surface area contributed by atoms with E-state index in [1.54, 1.807) is 6.07 Å². The second kappa shape index (κ2) is 2.71. The van der Waals surface area contributed by atoms with E-state index in [0.717, 1.165) is 5.56 Å². The van der Waals surface area contributed by atoms with Crippen LogP contribution < -0.4 is 0 Å². The summed E-state index contributed by atoms with van der Waals surface area (Å²) >= 11 is 8.78. The van der Waals surface area contributed by atoms with E-state index in [1.807, 2.05) is 18.2 Å². The highest BCUT2D eigenvalue weighted by atomic mass is 79.9. The lowest BCUT2D eigenvalue weighted by atomic mass is 10.1. The van der Waals surface area contributed by atoms with Crippen LogP contribution >= 0.6 is 27.5 Å². The fourth-order valence-electron chi connectivity index (χ4n) is 1.30. The van der Waals surface area contributed by atoms with E-state index in [2.05, 4.69) is 15.9 Å². The lowest BCUT2D eigenvalue weighted by molar-refractivity contribution is 0.436. The molecule has 2 unspecified atom stereocenters. The Balaban J connectivity index is 2.26. The van der Waals surface area contributed by atoms with Gasteiger partial charge in [-0.1, -0.05) is 23.7 Å². The molecule has 0 spiro atoms. The van der Waals surface area contributed by atoms with Crippen molar-refractivity contribution in [1.82, 2.24) is 0 Å². The van der Waals surface area contributed by atoms with E-state index in [0.29, 0.717) is 11.4 Å². The van der Waals surface area contributed by atoms with E-state index < -0.39 is 4.58 Å². The number of hydrogen-bond acceptors (Lipinski definition) is 0. The van der Waals surface area contributed by atoms with Crippen molar-refractivity contribution < 1.29 is 4.39 Å². The van der Waals surface area contributed by atoms with Crippen molar-refractivity contribution in [2.45, 2.75) is 16.9 Å². The molecule has 0 aliphatic heterocycles. The molecule has 0 bridgehead atoms. The summed E-state index contributed by atoms with van der Waals surface area (Å²) in [5, 5.41) is 0.669. The molecule has 3 heteroatoms. The van der Waals surface area contributed by atoms with Crippen molar-refractivity contribution in [1.29, 1.82) is 0 Å². The third-order valence-corrected chi connectivity index (χ3v) is 3.19. The molecule has 12 heavy (non-hydrogen) atoms. The van der Waals surface area contributed by atoms with Gasteiger partial charge in [0.05, 0.1) is 0 Å². The average Bonchev–Trinajstić information content (AvgIpc) is 2.60. The fraction of sp³-hybridized carbons (Fsp3) is 0.333. The van der Waals surface area contributed by atoms with Gasteiger partial charge in [-0.3, -0.25) is 0 Å². The molecule has 0 N–H and O–H groups in total. The standard InChI is InChI=1S/C9H7BrClF/c10-9(12)5-8(9)6-2-1-3-7(11)4-6/h1-4,8H,5H2. The maximum atomic E-state index is 13.2. The van der Waals surface area contributed by atoms with Crippen molar-refractivity contribution in [3.8, 4) is 0 Å². The van der Waals surface area contributed by atoms with Crippen LogP contribution in [0.25, 0.3) is 0 Å². The zero-order chi connectivity index (χ0) is 8.77. The van der Waals surface area contributed by atoms with Gasteiger partial charge in [0, 0.05) is 17.4 Å². The van der Waals surface area contributed by atoms with E-state index in [4.69, 9.17) is 11.6 Å². The Kier molecular flexibility index (Phi) is 1.92. The summed E-state index contributed by atoms with van der Waals surface area (Å²) in [6.07, 6.45) is 0.549. The van der Waals surface area contributed by atoms with Crippen LogP contribution in [0.5, 0.6) is 0 Å². The molecule has 64 valence electrons. The van der Waals surface area contributed by atoms with Gasteiger partial charge < -0.3 is 0 Å². The molecule has 0 heterocycles. The highest BCUT2D eigenvalue weighted by Crippen LogP contribution is 2.59. The Labute approximate surface area is 83.9 Å². The van der Waals surface area contributed by atoms with Gasteiger partial charge in [-0.25, -0.2) is 4.39 Å². The summed E-state index contributed by atoms with van der Waals surface area (Å²) < 4.78 is 12.0. The molecule has 0 aromatic heterocycles. The fourth-order valence-corrected chi connectivity index (χ4v) is 2.09. The van der Waals surface area contributed by atoms with E-state index >= 15 is 0 Å². The Morgan fingerprint density at radius 2 is 2.25 bits per heavy atom. The van der Waals surface area contributed by atoms with Crippen molar-refractivity contribution in [3.05, 3.63) is 34.9 Å². The maximum Gasteiger partial charge on any atom is 0.172 e. The number of rotatable bonds is 1. The van der Waals surface area contributed by atoms with Gasteiger partial charge in [0.1, 0.15) is 0 Å². The van der Waals surface area contributed by atoms with Crippen LogP contribution in [-0.4, -0.2) is 4.58 Å². The second-order valence-electron chi connectivity index (χ2n) is 3.07. The zero-order valence-electron chi connectivity index (χ0n) is 6.23. The van der Waals surface area contributed by atoms with Gasteiger partial charge in [-0.2, -0.15) is 0 Å². The van der Waals surface area contributed by atoms with E-state index in [9.17, 15) is 4.39 Å².